The zero-order valence-corrected chi connectivity index (χ0v) is 12.3. The summed E-state index contributed by atoms with van der Waals surface area (Å²) in [6, 6.07) is 8.76. The van der Waals surface area contributed by atoms with E-state index in [1.807, 2.05) is 18.2 Å². The van der Waals surface area contributed by atoms with Gasteiger partial charge in [0.1, 0.15) is 11.3 Å². The predicted octanol–water partition coefficient (Wildman–Crippen LogP) is 4.58. The van der Waals surface area contributed by atoms with Crippen LogP contribution >= 0.6 is 15.9 Å². The van der Waals surface area contributed by atoms with Gasteiger partial charge in [0.05, 0.1) is 11.2 Å². The third-order valence-corrected chi connectivity index (χ3v) is 3.43. The Bertz CT molecular complexity index is 789. The molecule has 0 atom stereocenters. The number of benzene rings is 1. The summed E-state index contributed by atoms with van der Waals surface area (Å²) >= 11 is 3.37. The number of aromatic nitrogens is 2. The first kappa shape index (κ1) is 13.0. The normalized spacial score (nSPS) is 10.8. The maximum absolute atomic E-state index is 13.6. The Labute approximate surface area is 124 Å². The topological polar surface area (TPSA) is 37.8 Å². The van der Waals surface area contributed by atoms with E-state index in [1.165, 1.54) is 6.07 Å². The van der Waals surface area contributed by atoms with Gasteiger partial charge in [-0.15, -0.1) is 0 Å². The highest BCUT2D eigenvalue weighted by Gasteiger charge is 2.06. The molecule has 0 saturated carbocycles. The van der Waals surface area contributed by atoms with Gasteiger partial charge in [0.2, 0.25) is 0 Å². The van der Waals surface area contributed by atoms with E-state index in [2.05, 4.69) is 31.2 Å². The van der Waals surface area contributed by atoms with Crippen molar-refractivity contribution in [1.29, 1.82) is 0 Å². The van der Waals surface area contributed by atoms with Gasteiger partial charge in [-0.2, -0.15) is 0 Å². The van der Waals surface area contributed by atoms with Crippen LogP contribution in [0.4, 0.5) is 15.8 Å². The zero-order chi connectivity index (χ0) is 14.1. The molecule has 3 nitrogen and oxygen atoms in total. The van der Waals surface area contributed by atoms with Gasteiger partial charge in [-0.25, -0.2) is 4.39 Å². The number of nitrogens with one attached hydrogen (secondary N) is 1. The number of halogens is 2. The van der Waals surface area contributed by atoms with Crippen LogP contribution in [-0.2, 0) is 0 Å². The minimum atomic E-state index is -0.232. The highest BCUT2D eigenvalue weighted by Crippen LogP contribution is 2.25. The summed E-state index contributed by atoms with van der Waals surface area (Å²) in [4.78, 5) is 8.62. The second kappa shape index (κ2) is 5.17. The Morgan fingerprint density at radius 3 is 2.80 bits per heavy atom. The van der Waals surface area contributed by atoms with Crippen LogP contribution in [0.2, 0.25) is 0 Å². The van der Waals surface area contributed by atoms with Crippen molar-refractivity contribution in [1.82, 2.24) is 9.97 Å². The Kier molecular flexibility index (Phi) is 3.36. The Hall–Kier alpha value is -2.01. The summed E-state index contributed by atoms with van der Waals surface area (Å²) in [5, 5.41) is 3.18. The van der Waals surface area contributed by atoms with Gasteiger partial charge in [0.25, 0.3) is 0 Å². The van der Waals surface area contributed by atoms with E-state index in [1.54, 1.807) is 25.4 Å². The lowest BCUT2D eigenvalue weighted by molar-refractivity contribution is 0.619. The van der Waals surface area contributed by atoms with Crippen molar-refractivity contribution >= 4 is 38.3 Å². The fourth-order valence-electron chi connectivity index (χ4n) is 1.93. The van der Waals surface area contributed by atoms with E-state index in [-0.39, 0.29) is 5.82 Å². The molecule has 1 aromatic carbocycles. The predicted molar refractivity (Wildman–Crippen MR) is 81.7 cm³/mol. The second-order valence-electron chi connectivity index (χ2n) is 4.47. The average Bonchev–Trinajstić information content (AvgIpc) is 2.43. The molecule has 0 radical (unpaired) electrons. The molecule has 100 valence electrons. The highest BCUT2D eigenvalue weighted by molar-refractivity contribution is 9.10. The molecular weight excluding hydrogens is 321 g/mol. The number of hydrogen-bond donors (Lipinski definition) is 1. The van der Waals surface area contributed by atoms with Crippen molar-refractivity contribution in [3.63, 3.8) is 0 Å². The van der Waals surface area contributed by atoms with Crippen LogP contribution in [-0.4, -0.2) is 9.97 Å². The molecule has 2 heterocycles. The molecule has 3 rings (SSSR count). The van der Waals surface area contributed by atoms with Crippen LogP contribution in [0.1, 0.15) is 5.56 Å². The standard InChI is InChI=1S/C15H11BrFN3/c1-9-2-3-11(7-12(9)17)20-13-4-5-18-14-6-10(16)8-19-15(13)14/h2-8H,1H3,(H,18,20). The molecule has 0 unspecified atom stereocenters. The fraction of sp³-hybridized carbons (Fsp3) is 0.0667. The van der Waals surface area contributed by atoms with Gasteiger partial charge in [0.15, 0.2) is 0 Å². The van der Waals surface area contributed by atoms with Gasteiger partial charge >= 0.3 is 0 Å². The third kappa shape index (κ3) is 2.49. The van der Waals surface area contributed by atoms with Gasteiger partial charge in [-0.05, 0) is 52.7 Å². The molecular formula is C15H11BrFN3. The summed E-state index contributed by atoms with van der Waals surface area (Å²) < 4.78 is 14.4. The molecule has 1 N–H and O–H groups in total. The largest absolute Gasteiger partial charge is 0.354 e. The molecule has 0 aliphatic rings. The van der Waals surface area contributed by atoms with E-state index in [4.69, 9.17) is 0 Å². The van der Waals surface area contributed by atoms with Gasteiger partial charge in [-0.3, -0.25) is 9.97 Å². The van der Waals surface area contributed by atoms with Crippen LogP contribution in [0, 0.1) is 12.7 Å². The first-order chi connectivity index (χ1) is 9.63. The van der Waals surface area contributed by atoms with Crippen molar-refractivity contribution < 1.29 is 4.39 Å². The molecule has 0 saturated heterocycles. The number of fused-ring (bicyclic) bond motifs is 1. The van der Waals surface area contributed by atoms with Crippen molar-refractivity contribution in [2.45, 2.75) is 6.92 Å². The number of anilines is 2. The van der Waals surface area contributed by atoms with Crippen molar-refractivity contribution in [3.8, 4) is 0 Å². The van der Waals surface area contributed by atoms with Crippen LogP contribution in [0.5, 0.6) is 0 Å². The third-order valence-electron chi connectivity index (χ3n) is 2.99. The summed E-state index contributed by atoms with van der Waals surface area (Å²) in [6.07, 6.45) is 3.41. The summed E-state index contributed by atoms with van der Waals surface area (Å²) in [6.45, 7) is 1.74. The van der Waals surface area contributed by atoms with Crippen LogP contribution < -0.4 is 5.32 Å². The van der Waals surface area contributed by atoms with E-state index in [0.29, 0.717) is 11.3 Å². The quantitative estimate of drug-likeness (QED) is 0.746. The molecule has 0 spiro atoms. The smallest absolute Gasteiger partial charge is 0.128 e. The molecule has 0 amide bonds. The molecule has 2 aromatic heterocycles. The average molecular weight is 332 g/mol. The van der Waals surface area contributed by atoms with Crippen molar-refractivity contribution in [3.05, 3.63) is 58.6 Å². The Morgan fingerprint density at radius 1 is 1.15 bits per heavy atom. The lowest BCUT2D eigenvalue weighted by Gasteiger charge is -2.09. The monoisotopic (exact) mass is 331 g/mol. The van der Waals surface area contributed by atoms with Crippen LogP contribution in [0.3, 0.4) is 0 Å². The van der Waals surface area contributed by atoms with Crippen molar-refractivity contribution in [2.24, 2.45) is 0 Å². The number of pyridine rings is 2. The molecule has 0 aliphatic heterocycles. The maximum atomic E-state index is 13.6. The minimum absolute atomic E-state index is 0.232. The second-order valence-corrected chi connectivity index (χ2v) is 5.38. The minimum Gasteiger partial charge on any atom is -0.354 e. The van der Waals surface area contributed by atoms with E-state index in [9.17, 15) is 4.39 Å². The number of nitrogens with zero attached hydrogens (tertiary/aromatic N) is 2. The lowest BCUT2D eigenvalue weighted by atomic mass is 10.2. The first-order valence-electron chi connectivity index (χ1n) is 6.07. The summed E-state index contributed by atoms with van der Waals surface area (Å²) in [7, 11) is 0. The van der Waals surface area contributed by atoms with Gasteiger partial charge in [0, 0.05) is 22.6 Å². The first-order valence-corrected chi connectivity index (χ1v) is 6.86. The molecule has 5 heteroatoms. The number of hydrogen-bond acceptors (Lipinski definition) is 3. The molecule has 0 fully saturated rings. The SMILES string of the molecule is Cc1ccc(Nc2ccnc3cc(Br)cnc23)cc1F. The van der Waals surface area contributed by atoms with Crippen LogP contribution in [0.15, 0.2) is 47.2 Å². The zero-order valence-electron chi connectivity index (χ0n) is 10.7. The lowest BCUT2D eigenvalue weighted by Crippen LogP contribution is -1.95. The molecule has 0 bridgehead atoms. The summed E-state index contributed by atoms with van der Waals surface area (Å²) in [5.41, 5.74) is 3.63. The number of aryl methyl sites for hydroxylation is 1. The fourth-order valence-corrected chi connectivity index (χ4v) is 2.25. The van der Waals surface area contributed by atoms with Gasteiger partial charge in [-0.1, -0.05) is 6.07 Å². The number of rotatable bonds is 2. The maximum Gasteiger partial charge on any atom is 0.128 e. The Morgan fingerprint density at radius 2 is 2.00 bits per heavy atom. The molecule has 0 aliphatic carbocycles. The highest BCUT2D eigenvalue weighted by atomic mass is 79.9. The summed E-state index contributed by atoms with van der Waals surface area (Å²) in [5.74, 6) is -0.232. The van der Waals surface area contributed by atoms with Crippen LogP contribution in [0.25, 0.3) is 11.0 Å². The molecule has 20 heavy (non-hydrogen) atoms. The Balaban J connectivity index is 2.04. The van der Waals surface area contributed by atoms with Crippen molar-refractivity contribution in [2.75, 3.05) is 5.32 Å². The van der Waals surface area contributed by atoms with Gasteiger partial charge < -0.3 is 5.32 Å². The van der Waals surface area contributed by atoms with E-state index in [0.717, 1.165) is 21.2 Å². The van der Waals surface area contributed by atoms with E-state index < -0.39 is 0 Å². The molecule has 3 aromatic rings. The van der Waals surface area contributed by atoms with E-state index >= 15 is 0 Å².